The Bertz CT molecular complexity index is 94.3. The van der Waals surface area contributed by atoms with Gasteiger partial charge in [-0.2, -0.15) is 0 Å². The van der Waals surface area contributed by atoms with Crippen LogP contribution in [-0.4, -0.2) is 11.8 Å². The van der Waals surface area contributed by atoms with E-state index in [1.807, 2.05) is 0 Å². The van der Waals surface area contributed by atoms with Gasteiger partial charge in [-0.1, -0.05) is 67.8 Å². The van der Waals surface area contributed by atoms with Gasteiger partial charge in [-0.25, -0.2) is 0 Å². The maximum absolute atomic E-state index is 2.59. The SMILES string of the molecule is I[C@H]1CC[C@@H](I)[C@H](I)C1. The second-order valence-corrected chi connectivity index (χ2v) is 7.40. The lowest BCUT2D eigenvalue weighted by atomic mass is 10.0. The largest absolute Gasteiger partial charge is 0.0826 e. The molecule has 0 spiro atoms. The molecule has 0 nitrogen and oxygen atoms in total. The standard InChI is InChI=1S/C6H9I3/c7-4-1-2-5(8)6(9)3-4/h4-6H,1-3H2/t4-,5+,6+/m0/s1. The summed E-state index contributed by atoms with van der Waals surface area (Å²) in [5, 5.41) is 0. The van der Waals surface area contributed by atoms with E-state index >= 15 is 0 Å². The van der Waals surface area contributed by atoms with Crippen LogP contribution in [0.15, 0.2) is 0 Å². The van der Waals surface area contributed by atoms with Crippen LogP contribution >= 0.6 is 67.8 Å². The fourth-order valence-electron chi connectivity index (χ4n) is 1.03. The van der Waals surface area contributed by atoms with Crippen molar-refractivity contribution in [3.63, 3.8) is 0 Å². The van der Waals surface area contributed by atoms with Gasteiger partial charge >= 0.3 is 0 Å². The van der Waals surface area contributed by atoms with E-state index in [1.54, 1.807) is 0 Å². The Morgan fingerprint density at radius 3 is 2.00 bits per heavy atom. The average molecular weight is 462 g/mol. The minimum Gasteiger partial charge on any atom is -0.0826 e. The summed E-state index contributed by atoms with van der Waals surface area (Å²) in [5.74, 6) is 0. The molecule has 1 saturated carbocycles. The van der Waals surface area contributed by atoms with Crippen molar-refractivity contribution in [3.05, 3.63) is 0 Å². The summed E-state index contributed by atoms with van der Waals surface area (Å²) in [6, 6.07) is 0. The number of hydrogen-bond donors (Lipinski definition) is 0. The average Bonchev–Trinajstić information content (AvgIpc) is 1.80. The summed E-state index contributed by atoms with van der Waals surface area (Å²) in [6.45, 7) is 0. The first kappa shape index (κ1) is 9.28. The van der Waals surface area contributed by atoms with E-state index < -0.39 is 0 Å². The molecule has 0 aromatic carbocycles. The zero-order chi connectivity index (χ0) is 6.85. The van der Waals surface area contributed by atoms with Crippen molar-refractivity contribution in [1.29, 1.82) is 0 Å². The molecule has 0 radical (unpaired) electrons. The summed E-state index contributed by atoms with van der Waals surface area (Å²) < 4.78 is 2.82. The van der Waals surface area contributed by atoms with Crippen LogP contribution in [0.1, 0.15) is 19.3 Å². The molecule has 0 aromatic heterocycles. The van der Waals surface area contributed by atoms with Crippen molar-refractivity contribution in [2.24, 2.45) is 0 Å². The minimum atomic E-state index is 0.929. The van der Waals surface area contributed by atoms with Gasteiger partial charge in [-0.05, 0) is 19.3 Å². The number of rotatable bonds is 0. The van der Waals surface area contributed by atoms with Crippen LogP contribution in [0.3, 0.4) is 0 Å². The molecule has 0 aromatic rings. The highest BCUT2D eigenvalue weighted by Gasteiger charge is 2.24. The second kappa shape index (κ2) is 4.27. The van der Waals surface area contributed by atoms with Crippen molar-refractivity contribution >= 4 is 67.8 Å². The van der Waals surface area contributed by atoms with E-state index in [0.29, 0.717) is 0 Å². The smallest absolute Gasteiger partial charge is 0.0237 e. The summed E-state index contributed by atoms with van der Waals surface area (Å²) in [7, 11) is 0. The Morgan fingerprint density at radius 2 is 1.56 bits per heavy atom. The van der Waals surface area contributed by atoms with Crippen molar-refractivity contribution in [2.75, 3.05) is 0 Å². The molecular formula is C6H9I3. The van der Waals surface area contributed by atoms with Crippen molar-refractivity contribution in [2.45, 2.75) is 31.0 Å². The zero-order valence-corrected chi connectivity index (χ0v) is 11.5. The highest BCUT2D eigenvalue weighted by Crippen LogP contribution is 2.34. The van der Waals surface area contributed by atoms with Gasteiger partial charge in [-0.3, -0.25) is 0 Å². The van der Waals surface area contributed by atoms with E-state index in [2.05, 4.69) is 67.8 Å². The monoisotopic (exact) mass is 462 g/mol. The zero-order valence-electron chi connectivity index (χ0n) is 4.99. The second-order valence-electron chi connectivity index (χ2n) is 2.44. The van der Waals surface area contributed by atoms with Gasteiger partial charge in [0.25, 0.3) is 0 Å². The Labute approximate surface area is 97.3 Å². The molecule has 0 saturated heterocycles. The van der Waals surface area contributed by atoms with E-state index in [-0.39, 0.29) is 0 Å². The predicted molar refractivity (Wildman–Crippen MR) is 67.3 cm³/mol. The molecule has 54 valence electrons. The molecule has 3 heteroatoms. The third-order valence-electron chi connectivity index (χ3n) is 1.63. The van der Waals surface area contributed by atoms with Crippen LogP contribution in [0.4, 0.5) is 0 Å². The quantitative estimate of drug-likeness (QED) is 0.382. The van der Waals surface area contributed by atoms with Crippen LogP contribution in [0.5, 0.6) is 0 Å². The van der Waals surface area contributed by atoms with Gasteiger partial charge in [0.2, 0.25) is 0 Å². The van der Waals surface area contributed by atoms with Gasteiger partial charge in [0.05, 0.1) is 0 Å². The van der Waals surface area contributed by atoms with Crippen molar-refractivity contribution < 1.29 is 0 Å². The van der Waals surface area contributed by atoms with Crippen LogP contribution in [0, 0.1) is 0 Å². The molecule has 0 N–H and O–H groups in total. The normalized spacial score (nSPS) is 45.0. The van der Waals surface area contributed by atoms with E-state index in [1.165, 1.54) is 19.3 Å². The Kier molecular flexibility index (Phi) is 4.41. The first-order chi connectivity index (χ1) is 4.20. The molecule has 1 aliphatic rings. The molecule has 1 rings (SSSR count). The molecule has 9 heavy (non-hydrogen) atoms. The maximum atomic E-state index is 2.59. The lowest BCUT2D eigenvalue weighted by Crippen LogP contribution is -2.24. The summed E-state index contributed by atoms with van der Waals surface area (Å²) >= 11 is 7.74. The number of hydrogen-bond acceptors (Lipinski definition) is 0. The molecule has 1 fully saturated rings. The Morgan fingerprint density at radius 1 is 0.889 bits per heavy atom. The number of alkyl halides is 3. The highest BCUT2D eigenvalue weighted by atomic mass is 127. The van der Waals surface area contributed by atoms with Gasteiger partial charge < -0.3 is 0 Å². The highest BCUT2D eigenvalue weighted by molar-refractivity contribution is 14.1. The van der Waals surface area contributed by atoms with E-state index in [4.69, 9.17) is 0 Å². The van der Waals surface area contributed by atoms with Crippen LogP contribution in [0.2, 0.25) is 0 Å². The summed E-state index contributed by atoms with van der Waals surface area (Å²) in [6.07, 6.45) is 4.30. The predicted octanol–water partition coefficient (Wildman–Crippen LogP) is 3.58. The lowest BCUT2D eigenvalue weighted by Gasteiger charge is -2.26. The summed E-state index contributed by atoms with van der Waals surface area (Å²) in [4.78, 5) is 0. The molecule has 3 atom stereocenters. The number of halogens is 3. The Hall–Kier alpha value is 2.19. The summed E-state index contributed by atoms with van der Waals surface area (Å²) in [5.41, 5.74) is 0. The van der Waals surface area contributed by atoms with Gasteiger partial charge in [0.1, 0.15) is 0 Å². The Balaban J connectivity index is 2.35. The third-order valence-corrected chi connectivity index (χ3v) is 7.00. The van der Waals surface area contributed by atoms with Crippen molar-refractivity contribution in [3.8, 4) is 0 Å². The fraction of sp³-hybridized carbons (Fsp3) is 1.00. The van der Waals surface area contributed by atoms with E-state index in [9.17, 15) is 0 Å². The fourth-order valence-corrected chi connectivity index (χ4v) is 4.54. The first-order valence-corrected chi connectivity index (χ1v) is 6.86. The van der Waals surface area contributed by atoms with Gasteiger partial charge in [0.15, 0.2) is 0 Å². The van der Waals surface area contributed by atoms with Crippen molar-refractivity contribution in [1.82, 2.24) is 0 Å². The van der Waals surface area contributed by atoms with Crippen LogP contribution in [-0.2, 0) is 0 Å². The molecular weight excluding hydrogens is 453 g/mol. The minimum absolute atomic E-state index is 0.929. The maximum Gasteiger partial charge on any atom is 0.0237 e. The topological polar surface area (TPSA) is 0 Å². The molecule has 0 unspecified atom stereocenters. The molecule has 0 amide bonds. The van der Waals surface area contributed by atoms with Gasteiger partial charge in [-0.15, -0.1) is 0 Å². The lowest BCUT2D eigenvalue weighted by molar-refractivity contribution is 0.578. The third kappa shape index (κ3) is 2.96. The van der Waals surface area contributed by atoms with E-state index in [0.717, 1.165) is 11.8 Å². The van der Waals surface area contributed by atoms with Gasteiger partial charge in [0, 0.05) is 11.8 Å². The molecule has 0 aliphatic heterocycles. The van der Waals surface area contributed by atoms with Crippen LogP contribution in [0.25, 0.3) is 0 Å². The first-order valence-electron chi connectivity index (χ1n) is 3.12. The van der Waals surface area contributed by atoms with Crippen LogP contribution < -0.4 is 0 Å². The molecule has 0 bridgehead atoms. The molecule has 0 heterocycles. The molecule has 1 aliphatic carbocycles.